The van der Waals surface area contributed by atoms with Crippen LogP contribution in [-0.2, 0) is 11.3 Å². The van der Waals surface area contributed by atoms with E-state index in [-0.39, 0.29) is 5.91 Å². The number of ether oxygens (including phenoxy) is 2. The fourth-order valence-corrected chi connectivity index (χ4v) is 2.83. The van der Waals surface area contributed by atoms with Crippen molar-refractivity contribution in [2.45, 2.75) is 31.8 Å². The van der Waals surface area contributed by atoms with Crippen molar-refractivity contribution in [3.63, 3.8) is 0 Å². The molecule has 0 aromatic heterocycles. The Bertz CT molecular complexity index is 532. The number of nitrogens with one attached hydrogen (secondary N) is 2. The largest absolute Gasteiger partial charge is 0.486 e. The number of hydrogen-bond donors (Lipinski definition) is 2. The normalized spacial score (nSPS) is 16.6. The minimum absolute atomic E-state index is 0.133. The van der Waals surface area contributed by atoms with E-state index in [1.165, 1.54) is 0 Å². The predicted octanol–water partition coefficient (Wildman–Crippen LogP) is 1.98. The number of amides is 1. The molecule has 2 aliphatic rings. The van der Waals surface area contributed by atoms with Gasteiger partial charge in [-0.15, -0.1) is 0 Å². The van der Waals surface area contributed by atoms with E-state index in [0.717, 1.165) is 34.4 Å². The van der Waals surface area contributed by atoms with E-state index < -0.39 is 0 Å². The molecule has 0 spiro atoms. The monoisotopic (exact) mass is 354 g/mol. The Kier molecular flexibility index (Phi) is 4.65. The first-order chi connectivity index (χ1) is 10.2. The topological polar surface area (TPSA) is 59.6 Å². The molecule has 5 nitrogen and oxygen atoms in total. The lowest BCUT2D eigenvalue weighted by atomic mass is 10.2. The Morgan fingerprint density at radius 3 is 2.90 bits per heavy atom. The molecular formula is C15H19BrN2O3. The third-order valence-electron chi connectivity index (χ3n) is 3.46. The number of fused-ring (bicyclic) bond motifs is 1. The number of carbonyl (C=O) groups is 1. The smallest absolute Gasteiger partial charge is 0.221 e. The highest BCUT2D eigenvalue weighted by atomic mass is 79.9. The van der Waals surface area contributed by atoms with E-state index in [4.69, 9.17) is 9.47 Å². The molecule has 1 fully saturated rings. The number of carbonyl (C=O) groups excluding carboxylic acids is 1. The molecule has 0 bridgehead atoms. The van der Waals surface area contributed by atoms with Gasteiger partial charge in [0.05, 0.1) is 4.47 Å². The minimum atomic E-state index is 0.133. The zero-order chi connectivity index (χ0) is 14.7. The van der Waals surface area contributed by atoms with E-state index in [2.05, 4.69) is 26.6 Å². The summed E-state index contributed by atoms with van der Waals surface area (Å²) in [6.07, 6.45) is 2.77. The molecule has 2 N–H and O–H groups in total. The van der Waals surface area contributed by atoms with E-state index in [1.54, 1.807) is 0 Å². The Balaban J connectivity index is 1.46. The van der Waals surface area contributed by atoms with Crippen molar-refractivity contribution in [1.29, 1.82) is 0 Å². The average Bonchev–Trinajstić information content (AvgIpc) is 3.28. The van der Waals surface area contributed by atoms with Crippen molar-refractivity contribution in [3.05, 3.63) is 22.2 Å². The van der Waals surface area contributed by atoms with Gasteiger partial charge >= 0.3 is 0 Å². The Morgan fingerprint density at radius 2 is 2.10 bits per heavy atom. The maximum atomic E-state index is 11.6. The lowest BCUT2D eigenvalue weighted by Crippen LogP contribution is -2.29. The van der Waals surface area contributed by atoms with Crippen LogP contribution in [0.2, 0.25) is 0 Å². The van der Waals surface area contributed by atoms with E-state index in [1.807, 2.05) is 12.1 Å². The van der Waals surface area contributed by atoms with Crippen molar-refractivity contribution in [2.24, 2.45) is 0 Å². The van der Waals surface area contributed by atoms with Crippen molar-refractivity contribution in [2.75, 3.05) is 19.8 Å². The number of benzene rings is 1. The van der Waals surface area contributed by atoms with Crippen molar-refractivity contribution < 1.29 is 14.3 Å². The maximum Gasteiger partial charge on any atom is 0.221 e. The van der Waals surface area contributed by atoms with Crippen LogP contribution in [0.1, 0.15) is 24.8 Å². The predicted molar refractivity (Wildman–Crippen MR) is 82.6 cm³/mol. The van der Waals surface area contributed by atoms with Gasteiger partial charge in [0.15, 0.2) is 11.5 Å². The van der Waals surface area contributed by atoms with Gasteiger partial charge in [0.1, 0.15) is 13.2 Å². The molecule has 6 heteroatoms. The van der Waals surface area contributed by atoms with Gasteiger partial charge in [0.2, 0.25) is 5.91 Å². The van der Waals surface area contributed by atoms with Crippen LogP contribution in [0.5, 0.6) is 11.5 Å². The first kappa shape index (κ1) is 14.7. The van der Waals surface area contributed by atoms with Crippen LogP contribution in [0, 0.1) is 0 Å². The fraction of sp³-hybridized carbons (Fsp3) is 0.533. The van der Waals surface area contributed by atoms with Crippen LogP contribution in [0.25, 0.3) is 0 Å². The van der Waals surface area contributed by atoms with Gasteiger partial charge in [-0.2, -0.15) is 0 Å². The van der Waals surface area contributed by atoms with Gasteiger partial charge in [-0.05, 0) is 46.5 Å². The summed E-state index contributed by atoms with van der Waals surface area (Å²) in [6.45, 7) is 2.54. The van der Waals surface area contributed by atoms with Gasteiger partial charge in [-0.3, -0.25) is 4.79 Å². The zero-order valence-corrected chi connectivity index (χ0v) is 13.4. The fourth-order valence-electron chi connectivity index (χ4n) is 2.23. The summed E-state index contributed by atoms with van der Waals surface area (Å²) < 4.78 is 12.1. The summed E-state index contributed by atoms with van der Waals surface area (Å²) in [4.78, 5) is 11.6. The number of hydrogen-bond acceptors (Lipinski definition) is 4. The summed E-state index contributed by atoms with van der Waals surface area (Å²) in [5.41, 5.74) is 1.11. The SMILES string of the molecule is O=C(CCNCc1cc(Br)c2c(c1)OCCO2)NC1CC1. The first-order valence-corrected chi connectivity index (χ1v) is 8.10. The van der Waals surface area contributed by atoms with Gasteiger partial charge in [0, 0.05) is 25.6 Å². The molecule has 1 heterocycles. The second-order valence-electron chi connectivity index (χ2n) is 5.37. The zero-order valence-electron chi connectivity index (χ0n) is 11.8. The Morgan fingerprint density at radius 1 is 1.29 bits per heavy atom. The van der Waals surface area contributed by atoms with E-state index >= 15 is 0 Å². The molecule has 1 aromatic carbocycles. The second kappa shape index (κ2) is 6.66. The van der Waals surface area contributed by atoms with Gasteiger partial charge < -0.3 is 20.1 Å². The maximum absolute atomic E-state index is 11.6. The molecule has 114 valence electrons. The molecule has 1 aliphatic heterocycles. The number of halogens is 1. The highest BCUT2D eigenvalue weighted by Gasteiger charge is 2.22. The van der Waals surface area contributed by atoms with E-state index in [0.29, 0.717) is 38.8 Å². The van der Waals surface area contributed by atoms with Crippen LogP contribution in [-0.4, -0.2) is 31.7 Å². The molecule has 3 rings (SSSR count). The summed E-state index contributed by atoms with van der Waals surface area (Å²) in [5, 5.41) is 6.26. The number of rotatable bonds is 6. The second-order valence-corrected chi connectivity index (χ2v) is 6.22. The summed E-state index contributed by atoms with van der Waals surface area (Å²) >= 11 is 3.50. The standard InChI is InChI=1S/C15H19BrN2O3/c16-12-7-10(8-13-15(12)21-6-5-20-13)9-17-4-3-14(19)18-11-1-2-11/h7-8,11,17H,1-6,9H2,(H,18,19). The Labute approximate surface area is 132 Å². The average molecular weight is 355 g/mol. The summed E-state index contributed by atoms with van der Waals surface area (Å²) in [6, 6.07) is 4.44. The van der Waals surface area contributed by atoms with Crippen LogP contribution >= 0.6 is 15.9 Å². The van der Waals surface area contributed by atoms with Crippen molar-refractivity contribution >= 4 is 21.8 Å². The molecular weight excluding hydrogens is 336 g/mol. The highest BCUT2D eigenvalue weighted by Crippen LogP contribution is 2.38. The molecule has 1 aromatic rings. The minimum Gasteiger partial charge on any atom is -0.486 e. The van der Waals surface area contributed by atoms with Gasteiger partial charge in [-0.1, -0.05) is 0 Å². The lowest BCUT2D eigenvalue weighted by Gasteiger charge is -2.20. The molecule has 0 radical (unpaired) electrons. The van der Waals surface area contributed by atoms with Crippen molar-refractivity contribution in [1.82, 2.24) is 10.6 Å². The quantitative estimate of drug-likeness (QED) is 0.767. The molecule has 1 amide bonds. The third-order valence-corrected chi connectivity index (χ3v) is 4.05. The molecule has 0 saturated heterocycles. The lowest BCUT2D eigenvalue weighted by molar-refractivity contribution is -0.121. The molecule has 1 saturated carbocycles. The summed E-state index contributed by atoms with van der Waals surface area (Å²) in [5.74, 6) is 1.68. The van der Waals surface area contributed by atoms with Crippen LogP contribution < -0.4 is 20.1 Å². The van der Waals surface area contributed by atoms with Crippen molar-refractivity contribution in [3.8, 4) is 11.5 Å². The Hall–Kier alpha value is -1.27. The van der Waals surface area contributed by atoms with Gasteiger partial charge in [-0.25, -0.2) is 0 Å². The van der Waals surface area contributed by atoms with Crippen LogP contribution in [0.4, 0.5) is 0 Å². The van der Waals surface area contributed by atoms with E-state index in [9.17, 15) is 4.79 Å². The summed E-state index contributed by atoms with van der Waals surface area (Å²) in [7, 11) is 0. The van der Waals surface area contributed by atoms with Gasteiger partial charge in [0.25, 0.3) is 0 Å². The third kappa shape index (κ3) is 4.11. The molecule has 0 atom stereocenters. The molecule has 1 aliphatic carbocycles. The van der Waals surface area contributed by atoms with Crippen LogP contribution in [0.3, 0.4) is 0 Å². The first-order valence-electron chi connectivity index (χ1n) is 7.30. The highest BCUT2D eigenvalue weighted by molar-refractivity contribution is 9.10. The van der Waals surface area contributed by atoms with Crippen LogP contribution in [0.15, 0.2) is 16.6 Å². The molecule has 0 unspecified atom stereocenters. The molecule has 21 heavy (non-hydrogen) atoms.